The molecular weight excluding hydrogens is 234 g/mol. The summed E-state index contributed by atoms with van der Waals surface area (Å²) in [5.41, 5.74) is 3.07. The minimum absolute atomic E-state index is 0.120. The first-order valence-corrected chi connectivity index (χ1v) is 5.77. The van der Waals surface area contributed by atoms with Crippen molar-refractivity contribution in [2.24, 2.45) is 0 Å². The molecule has 2 aromatic carbocycles. The lowest BCUT2D eigenvalue weighted by atomic mass is 9.97. The first-order valence-electron chi connectivity index (χ1n) is 5.77. The minimum atomic E-state index is -0.866. The molecule has 3 heteroatoms. The lowest BCUT2D eigenvalue weighted by molar-refractivity contribution is 0.0994. The van der Waals surface area contributed by atoms with E-state index in [1.165, 1.54) is 12.1 Å². The molecule has 0 saturated carbocycles. The molecule has 1 nitrogen and oxygen atoms in total. The number of Topliss-reactive ketones (excluding diaryl/α,β-unsaturated/α-hetero) is 1. The van der Waals surface area contributed by atoms with Crippen LogP contribution in [0.15, 0.2) is 36.4 Å². The molecule has 0 spiro atoms. The first kappa shape index (κ1) is 11.1. The Morgan fingerprint density at radius 3 is 2.44 bits per heavy atom. The third-order valence-electron chi connectivity index (χ3n) is 3.31. The molecule has 1 aliphatic rings. The Morgan fingerprint density at radius 2 is 1.67 bits per heavy atom. The minimum Gasteiger partial charge on any atom is -0.294 e. The fourth-order valence-electron chi connectivity index (χ4n) is 2.42. The molecular formula is C15H10F2O. The van der Waals surface area contributed by atoms with Gasteiger partial charge in [0.25, 0.3) is 0 Å². The smallest absolute Gasteiger partial charge is 0.163 e. The van der Waals surface area contributed by atoms with Crippen molar-refractivity contribution in [2.75, 3.05) is 0 Å². The second kappa shape index (κ2) is 4.02. The summed E-state index contributed by atoms with van der Waals surface area (Å²) in [6.45, 7) is 0. The van der Waals surface area contributed by atoms with E-state index in [1.54, 1.807) is 12.1 Å². The standard InChI is InChI=1S/C15H10F2O/c16-13-6-4-9(8-14(13)17)10-2-1-3-12-11(10)5-7-15(12)18/h1-4,6,8H,5,7H2. The van der Waals surface area contributed by atoms with E-state index >= 15 is 0 Å². The number of benzene rings is 2. The molecule has 0 unspecified atom stereocenters. The molecule has 0 fully saturated rings. The van der Waals surface area contributed by atoms with Crippen molar-refractivity contribution in [2.45, 2.75) is 12.8 Å². The van der Waals surface area contributed by atoms with Crippen molar-refractivity contribution in [1.82, 2.24) is 0 Å². The predicted molar refractivity (Wildman–Crippen MR) is 64.4 cm³/mol. The van der Waals surface area contributed by atoms with Gasteiger partial charge >= 0.3 is 0 Å². The number of carbonyl (C=O) groups is 1. The van der Waals surface area contributed by atoms with Gasteiger partial charge in [-0.1, -0.05) is 24.3 Å². The van der Waals surface area contributed by atoms with Crippen LogP contribution >= 0.6 is 0 Å². The van der Waals surface area contributed by atoms with E-state index < -0.39 is 11.6 Å². The van der Waals surface area contributed by atoms with Gasteiger partial charge in [-0.05, 0) is 35.2 Å². The summed E-state index contributed by atoms with van der Waals surface area (Å²) in [5.74, 6) is -1.61. The maximum absolute atomic E-state index is 13.3. The molecule has 0 aliphatic heterocycles. The Morgan fingerprint density at radius 1 is 0.889 bits per heavy atom. The van der Waals surface area contributed by atoms with Gasteiger partial charge in [0.15, 0.2) is 17.4 Å². The zero-order valence-corrected chi connectivity index (χ0v) is 9.54. The Balaban J connectivity index is 2.18. The van der Waals surface area contributed by atoms with Gasteiger partial charge in [0.05, 0.1) is 0 Å². The lowest BCUT2D eigenvalue weighted by Gasteiger charge is -2.08. The topological polar surface area (TPSA) is 17.1 Å². The highest BCUT2D eigenvalue weighted by molar-refractivity contribution is 6.02. The Bertz CT molecular complexity index is 647. The molecule has 2 aromatic rings. The SMILES string of the molecule is O=C1CCc2c1cccc2-c1ccc(F)c(F)c1. The Hall–Kier alpha value is -2.03. The van der Waals surface area contributed by atoms with E-state index in [-0.39, 0.29) is 5.78 Å². The van der Waals surface area contributed by atoms with Gasteiger partial charge in [-0.25, -0.2) is 8.78 Å². The van der Waals surface area contributed by atoms with Gasteiger partial charge < -0.3 is 0 Å². The van der Waals surface area contributed by atoms with Gasteiger partial charge in [0, 0.05) is 12.0 Å². The molecule has 3 rings (SSSR count). The highest BCUT2D eigenvalue weighted by Crippen LogP contribution is 2.32. The summed E-state index contributed by atoms with van der Waals surface area (Å²) in [6.07, 6.45) is 1.17. The predicted octanol–water partition coefficient (Wildman–Crippen LogP) is 3.76. The van der Waals surface area contributed by atoms with E-state index in [4.69, 9.17) is 0 Å². The highest BCUT2D eigenvalue weighted by atomic mass is 19.2. The van der Waals surface area contributed by atoms with Gasteiger partial charge in [-0.3, -0.25) is 4.79 Å². The van der Waals surface area contributed by atoms with E-state index in [9.17, 15) is 13.6 Å². The molecule has 0 heterocycles. The monoisotopic (exact) mass is 244 g/mol. The van der Waals surface area contributed by atoms with Crippen LogP contribution in [-0.2, 0) is 6.42 Å². The molecule has 90 valence electrons. The summed E-state index contributed by atoms with van der Waals surface area (Å²) in [6, 6.07) is 9.22. The largest absolute Gasteiger partial charge is 0.294 e. The van der Waals surface area contributed by atoms with Gasteiger partial charge in [-0.15, -0.1) is 0 Å². The Labute approximate surface area is 103 Å². The molecule has 18 heavy (non-hydrogen) atoms. The molecule has 0 atom stereocenters. The second-order valence-corrected chi connectivity index (χ2v) is 4.38. The maximum Gasteiger partial charge on any atom is 0.163 e. The van der Waals surface area contributed by atoms with Crippen LogP contribution < -0.4 is 0 Å². The number of ketones is 1. The fourth-order valence-corrected chi connectivity index (χ4v) is 2.42. The van der Waals surface area contributed by atoms with Crippen LogP contribution in [0.4, 0.5) is 8.78 Å². The van der Waals surface area contributed by atoms with Crippen LogP contribution in [-0.4, -0.2) is 5.78 Å². The van der Waals surface area contributed by atoms with E-state index in [1.807, 2.05) is 6.07 Å². The van der Waals surface area contributed by atoms with Crippen LogP contribution in [0.5, 0.6) is 0 Å². The summed E-state index contributed by atoms with van der Waals surface area (Å²) in [7, 11) is 0. The quantitative estimate of drug-likeness (QED) is 0.746. The average Bonchev–Trinajstić information content (AvgIpc) is 2.75. The number of rotatable bonds is 1. The van der Waals surface area contributed by atoms with Crippen molar-refractivity contribution in [3.8, 4) is 11.1 Å². The van der Waals surface area contributed by atoms with Crippen molar-refractivity contribution >= 4 is 5.78 Å². The number of carbonyl (C=O) groups excluding carboxylic acids is 1. The fraction of sp³-hybridized carbons (Fsp3) is 0.133. The first-order chi connectivity index (χ1) is 8.66. The molecule has 0 N–H and O–H groups in total. The molecule has 0 aromatic heterocycles. The lowest BCUT2D eigenvalue weighted by Crippen LogP contribution is -1.93. The molecule has 0 saturated heterocycles. The van der Waals surface area contributed by atoms with Crippen LogP contribution in [0, 0.1) is 11.6 Å². The van der Waals surface area contributed by atoms with Gasteiger partial charge in [-0.2, -0.15) is 0 Å². The maximum atomic E-state index is 13.3. The van der Waals surface area contributed by atoms with E-state index in [0.717, 1.165) is 17.2 Å². The summed E-state index contributed by atoms with van der Waals surface area (Å²) < 4.78 is 26.2. The summed E-state index contributed by atoms with van der Waals surface area (Å²) >= 11 is 0. The highest BCUT2D eigenvalue weighted by Gasteiger charge is 2.22. The van der Waals surface area contributed by atoms with Crippen LogP contribution in [0.25, 0.3) is 11.1 Å². The zero-order valence-electron chi connectivity index (χ0n) is 9.54. The van der Waals surface area contributed by atoms with Crippen molar-refractivity contribution in [3.63, 3.8) is 0 Å². The van der Waals surface area contributed by atoms with E-state index in [2.05, 4.69) is 0 Å². The third-order valence-corrected chi connectivity index (χ3v) is 3.31. The molecule has 0 amide bonds. The number of hydrogen-bond acceptors (Lipinski definition) is 1. The van der Waals surface area contributed by atoms with Crippen molar-refractivity contribution in [3.05, 3.63) is 59.2 Å². The normalized spacial score (nSPS) is 13.8. The molecule has 0 bridgehead atoms. The van der Waals surface area contributed by atoms with Crippen LogP contribution in [0.2, 0.25) is 0 Å². The van der Waals surface area contributed by atoms with Gasteiger partial charge in [0.2, 0.25) is 0 Å². The third kappa shape index (κ3) is 1.63. The summed E-state index contributed by atoms with van der Waals surface area (Å²) in [4.78, 5) is 11.6. The molecule has 0 radical (unpaired) electrons. The average molecular weight is 244 g/mol. The number of halogens is 2. The van der Waals surface area contributed by atoms with Crippen LogP contribution in [0.3, 0.4) is 0 Å². The number of hydrogen-bond donors (Lipinski definition) is 0. The van der Waals surface area contributed by atoms with Crippen molar-refractivity contribution in [1.29, 1.82) is 0 Å². The van der Waals surface area contributed by atoms with E-state index in [0.29, 0.717) is 24.0 Å². The molecule has 1 aliphatic carbocycles. The summed E-state index contributed by atoms with van der Waals surface area (Å²) in [5, 5.41) is 0. The second-order valence-electron chi connectivity index (χ2n) is 4.38. The Kier molecular flexibility index (Phi) is 2.47. The van der Waals surface area contributed by atoms with Gasteiger partial charge in [0.1, 0.15) is 0 Å². The number of fused-ring (bicyclic) bond motifs is 1. The van der Waals surface area contributed by atoms with Crippen LogP contribution in [0.1, 0.15) is 22.3 Å². The zero-order chi connectivity index (χ0) is 12.7. The van der Waals surface area contributed by atoms with Crippen molar-refractivity contribution < 1.29 is 13.6 Å².